The summed E-state index contributed by atoms with van der Waals surface area (Å²) in [5.41, 5.74) is 2.22. The third-order valence-electron chi connectivity index (χ3n) is 5.43. The number of ether oxygens (including phenoxy) is 1. The third kappa shape index (κ3) is 5.26. The lowest BCUT2D eigenvalue weighted by Crippen LogP contribution is -2.37. The molecule has 1 aliphatic heterocycles. The summed E-state index contributed by atoms with van der Waals surface area (Å²) in [5.74, 6) is 0.255. The highest BCUT2D eigenvalue weighted by molar-refractivity contribution is 7.80. The summed E-state index contributed by atoms with van der Waals surface area (Å²) in [6.45, 7) is 3.06. The zero-order valence-electron chi connectivity index (χ0n) is 19.2. The van der Waals surface area contributed by atoms with Crippen molar-refractivity contribution in [3.05, 3.63) is 72.6 Å². The molecule has 3 aromatic rings. The molecule has 1 aliphatic rings. The smallest absolute Gasteiger partial charge is 0.256 e. The number of amides is 2. The molecule has 0 spiro atoms. The number of hydrogen-bond acceptors (Lipinski definition) is 5. The summed E-state index contributed by atoms with van der Waals surface area (Å²) in [6, 6.07) is 15.7. The van der Waals surface area contributed by atoms with Gasteiger partial charge in [-0.1, -0.05) is 25.1 Å². The van der Waals surface area contributed by atoms with Crippen molar-refractivity contribution in [2.24, 2.45) is 7.05 Å². The highest BCUT2D eigenvalue weighted by Crippen LogP contribution is 2.29. The maximum absolute atomic E-state index is 13.4. The second-order valence-corrected chi connectivity index (χ2v) is 8.45. The van der Waals surface area contributed by atoms with Crippen LogP contribution < -0.4 is 15.0 Å². The first-order chi connectivity index (χ1) is 16.5. The number of carbonyl (C=O) groups excluding carboxylic acids is 2. The Morgan fingerprint density at radius 3 is 2.53 bits per heavy atom. The van der Waals surface area contributed by atoms with Gasteiger partial charge in [-0.2, -0.15) is 5.10 Å². The molecule has 1 atom stereocenters. The van der Waals surface area contributed by atoms with Crippen molar-refractivity contribution in [1.29, 1.82) is 0 Å². The van der Waals surface area contributed by atoms with E-state index in [1.165, 1.54) is 4.90 Å². The Morgan fingerprint density at radius 1 is 1.15 bits per heavy atom. The maximum atomic E-state index is 13.4. The number of nitrogens with zero attached hydrogens (tertiary/aromatic N) is 4. The molecule has 0 saturated carbocycles. The molecule has 9 heteroatoms. The van der Waals surface area contributed by atoms with Crippen LogP contribution in [-0.4, -0.2) is 44.3 Å². The molecular formula is C25H27N5O3S. The number of benzene rings is 2. The van der Waals surface area contributed by atoms with E-state index in [2.05, 4.69) is 10.4 Å². The molecule has 2 heterocycles. The molecule has 1 saturated heterocycles. The molecule has 1 fully saturated rings. The van der Waals surface area contributed by atoms with Gasteiger partial charge in [0, 0.05) is 31.0 Å². The molecule has 0 radical (unpaired) electrons. The standard InChI is InChI=1S/C25H27N5O3S/c1-3-13-33-21-11-9-19(10-12-21)27-23(31)14-22-24(32)30(20-7-5-4-6-8-20)25(34)29(22)17-18-15-26-28(2)16-18/h4-12,15-16,22H,3,13-14,17H2,1-2H3,(H,27,31)/t22-/m1/s1. The van der Waals surface area contributed by atoms with Crippen molar-refractivity contribution in [2.45, 2.75) is 32.4 Å². The van der Waals surface area contributed by atoms with E-state index < -0.39 is 6.04 Å². The normalized spacial score (nSPS) is 15.6. The predicted molar refractivity (Wildman–Crippen MR) is 135 cm³/mol. The minimum atomic E-state index is -0.722. The number of rotatable bonds is 9. The summed E-state index contributed by atoms with van der Waals surface area (Å²) in [6.07, 6.45) is 4.50. The van der Waals surface area contributed by atoms with Crippen LogP contribution in [0.1, 0.15) is 25.3 Å². The van der Waals surface area contributed by atoms with Crippen LogP contribution in [0.25, 0.3) is 0 Å². The van der Waals surface area contributed by atoms with Crippen LogP contribution in [0.2, 0.25) is 0 Å². The SMILES string of the molecule is CCCOc1ccc(NC(=O)C[C@@H]2C(=O)N(c3ccccc3)C(=S)N2Cc2cnn(C)c2)cc1. The van der Waals surface area contributed by atoms with Gasteiger partial charge in [0.2, 0.25) is 5.91 Å². The summed E-state index contributed by atoms with van der Waals surface area (Å²) in [5, 5.41) is 7.46. The summed E-state index contributed by atoms with van der Waals surface area (Å²) < 4.78 is 7.28. The molecule has 0 unspecified atom stereocenters. The predicted octanol–water partition coefficient (Wildman–Crippen LogP) is 3.74. The van der Waals surface area contributed by atoms with Crippen LogP contribution >= 0.6 is 12.2 Å². The molecule has 8 nitrogen and oxygen atoms in total. The average Bonchev–Trinajstić information content (AvgIpc) is 3.35. The van der Waals surface area contributed by atoms with Crippen LogP contribution in [0, 0.1) is 0 Å². The van der Waals surface area contributed by atoms with E-state index in [0.29, 0.717) is 29.6 Å². The zero-order valence-corrected chi connectivity index (χ0v) is 20.0. The van der Waals surface area contributed by atoms with Gasteiger partial charge in [0.15, 0.2) is 5.11 Å². The molecule has 2 amide bonds. The number of anilines is 2. The van der Waals surface area contributed by atoms with Gasteiger partial charge in [0.1, 0.15) is 11.8 Å². The van der Waals surface area contributed by atoms with Crippen LogP contribution in [0.15, 0.2) is 67.0 Å². The van der Waals surface area contributed by atoms with E-state index in [4.69, 9.17) is 17.0 Å². The first-order valence-electron chi connectivity index (χ1n) is 11.2. The fourth-order valence-electron chi connectivity index (χ4n) is 3.82. The topological polar surface area (TPSA) is 79.7 Å². The van der Waals surface area contributed by atoms with Crippen LogP contribution in [0.5, 0.6) is 5.75 Å². The zero-order chi connectivity index (χ0) is 24.1. The Balaban J connectivity index is 1.51. The fraction of sp³-hybridized carbons (Fsp3) is 0.280. The first kappa shape index (κ1) is 23.4. The number of hydrogen-bond donors (Lipinski definition) is 1. The largest absolute Gasteiger partial charge is 0.494 e. The molecule has 4 rings (SSSR count). The quantitative estimate of drug-likeness (QED) is 0.473. The number of para-hydroxylation sites is 1. The Labute approximate surface area is 204 Å². The van der Waals surface area contributed by atoms with Gasteiger partial charge >= 0.3 is 0 Å². The van der Waals surface area contributed by atoms with Gasteiger partial charge < -0.3 is 15.0 Å². The Bertz CT molecular complexity index is 1160. The highest BCUT2D eigenvalue weighted by Gasteiger charge is 2.44. The molecule has 0 bridgehead atoms. The summed E-state index contributed by atoms with van der Waals surface area (Å²) in [4.78, 5) is 29.7. The number of nitrogens with one attached hydrogen (secondary N) is 1. The van der Waals surface area contributed by atoms with E-state index in [-0.39, 0.29) is 18.2 Å². The second-order valence-electron chi connectivity index (χ2n) is 8.08. The van der Waals surface area contributed by atoms with Gasteiger partial charge in [-0.3, -0.25) is 19.2 Å². The number of aryl methyl sites for hydroxylation is 1. The molecule has 176 valence electrons. The molecule has 1 aromatic heterocycles. The van der Waals surface area contributed by atoms with Crippen LogP contribution in [-0.2, 0) is 23.2 Å². The van der Waals surface area contributed by atoms with E-state index in [1.54, 1.807) is 27.9 Å². The van der Waals surface area contributed by atoms with Gasteiger partial charge in [-0.05, 0) is 55.0 Å². The fourth-order valence-corrected chi connectivity index (χ4v) is 4.21. The van der Waals surface area contributed by atoms with Crippen molar-refractivity contribution in [3.63, 3.8) is 0 Å². The summed E-state index contributed by atoms with van der Waals surface area (Å²) in [7, 11) is 1.83. The third-order valence-corrected chi connectivity index (χ3v) is 5.85. The lowest BCUT2D eigenvalue weighted by Gasteiger charge is -2.23. The van der Waals surface area contributed by atoms with Crippen molar-refractivity contribution in [2.75, 3.05) is 16.8 Å². The molecule has 2 aromatic carbocycles. The van der Waals surface area contributed by atoms with Crippen molar-refractivity contribution < 1.29 is 14.3 Å². The first-order valence-corrected chi connectivity index (χ1v) is 11.6. The van der Waals surface area contributed by atoms with Crippen molar-refractivity contribution >= 4 is 40.5 Å². The minimum Gasteiger partial charge on any atom is -0.494 e. The van der Waals surface area contributed by atoms with E-state index in [9.17, 15) is 9.59 Å². The van der Waals surface area contributed by atoms with Crippen LogP contribution in [0.4, 0.5) is 11.4 Å². The number of thiocarbonyl (C=S) groups is 1. The Hall–Kier alpha value is -3.72. The van der Waals surface area contributed by atoms with Crippen molar-refractivity contribution in [1.82, 2.24) is 14.7 Å². The van der Waals surface area contributed by atoms with Gasteiger partial charge in [0.25, 0.3) is 5.91 Å². The lowest BCUT2D eigenvalue weighted by atomic mass is 10.1. The van der Waals surface area contributed by atoms with E-state index in [0.717, 1.165) is 17.7 Å². The van der Waals surface area contributed by atoms with Crippen LogP contribution in [0.3, 0.4) is 0 Å². The second kappa shape index (κ2) is 10.5. The van der Waals surface area contributed by atoms with Gasteiger partial charge in [0.05, 0.1) is 24.9 Å². The molecule has 1 N–H and O–H groups in total. The molecule has 0 aliphatic carbocycles. The molecular weight excluding hydrogens is 450 g/mol. The molecule has 34 heavy (non-hydrogen) atoms. The average molecular weight is 478 g/mol. The monoisotopic (exact) mass is 477 g/mol. The highest BCUT2D eigenvalue weighted by atomic mass is 32.1. The summed E-state index contributed by atoms with van der Waals surface area (Å²) >= 11 is 5.69. The Kier molecular flexibility index (Phi) is 7.22. The Morgan fingerprint density at radius 2 is 1.88 bits per heavy atom. The minimum absolute atomic E-state index is 0.0311. The maximum Gasteiger partial charge on any atom is 0.256 e. The lowest BCUT2D eigenvalue weighted by molar-refractivity contribution is -0.124. The van der Waals surface area contributed by atoms with Crippen molar-refractivity contribution in [3.8, 4) is 5.75 Å². The number of aromatic nitrogens is 2. The van der Waals surface area contributed by atoms with Gasteiger partial charge in [-0.25, -0.2) is 0 Å². The van der Waals surface area contributed by atoms with E-state index >= 15 is 0 Å². The van der Waals surface area contributed by atoms with Gasteiger partial charge in [-0.15, -0.1) is 0 Å². The van der Waals surface area contributed by atoms with E-state index in [1.807, 2.05) is 62.6 Å². The number of carbonyl (C=O) groups is 2.